The Morgan fingerprint density at radius 2 is 1.80 bits per heavy atom. The third-order valence-corrected chi connectivity index (χ3v) is 5.35. The standard InChI is InChI=1S/C21H20ClN5O3/c22-18-14-15(4-9-20(18)25-11-2-1-3-12-25)23-21(28)19-10-13-26(24-19)16-5-7-17(8-6-16)27(29)30/h4-10,13-14H,1-3,11-12H2,(H,23,28). The largest absolute Gasteiger partial charge is 0.370 e. The summed E-state index contributed by atoms with van der Waals surface area (Å²) in [6.07, 6.45) is 5.19. The monoisotopic (exact) mass is 425 g/mol. The van der Waals surface area contributed by atoms with E-state index in [1.54, 1.807) is 30.5 Å². The average Bonchev–Trinajstić information content (AvgIpc) is 3.25. The smallest absolute Gasteiger partial charge is 0.276 e. The summed E-state index contributed by atoms with van der Waals surface area (Å²) in [6, 6.07) is 13.0. The molecule has 1 aliphatic heterocycles. The third kappa shape index (κ3) is 4.28. The zero-order valence-electron chi connectivity index (χ0n) is 16.1. The first-order chi connectivity index (χ1) is 14.5. The number of non-ortho nitro benzene ring substituents is 1. The van der Waals surface area contributed by atoms with Gasteiger partial charge in [-0.2, -0.15) is 5.10 Å². The van der Waals surface area contributed by atoms with Gasteiger partial charge in [-0.25, -0.2) is 4.68 Å². The second kappa shape index (κ2) is 8.54. The number of piperidine rings is 1. The number of nitro groups is 1. The quantitative estimate of drug-likeness (QED) is 0.473. The van der Waals surface area contributed by atoms with Gasteiger partial charge in [0.15, 0.2) is 5.69 Å². The molecule has 8 nitrogen and oxygen atoms in total. The molecule has 1 N–H and O–H groups in total. The molecule has 0 radical (unpaired) electrons. The van der Waals surface area contributed by atoms with Crippen LogP contribution in [0.5, 0.6) is 0 Å². The summed E-state index contributed by atoms with van der Waals surface area (Å²) in [4.78, 5) is 25.1. The molecule has 4 rings (SSSR count). The molecular formula is C21H20ClN5O3. The highest BCUT2D eigenvalue weighted by Gasteiger charge is 2.16. The molecule has 0 saturated carbocycles. The molecule has 3 aromatic rings. The Morgan fingerprint density at radius 1 is 1.07 bits per heavy atom. The van der Waals surface area contributed by atoms with E-state index in [1.165, 1.54) is 23.2 Å². The lowest BCUT2D eigenvalue weighted by Crippen LogP contribution is -2.29. The van der Waals surface area contributed by atoms with E-state index in [1.807, 2.05) is 12.1 Å². The van der Waals surface area contributed by atoms with E-state index < -0.39 is 4.92 Å². The summed E-state index contributed by atoms with van der Waals surface area (Å²) < 4.78 is 1.49. The summed E-state index contributed by atoms with van der Waals surface area (Å²) in [6.45, 7) is 1.98. The fourth-order valence-corrected chi connectivity index (χ4v) is 3.79. The minimum Gasteiger partial charge on any atom is -0.370 e. The van der Waals surface area contributed by atoms with Gasteiger partial charge in [0.1, 0.15) is 0 Å². The van der Waals surface area contributed by atoms with E-state index in [0.717, 1.165) is 31.6 Å². The summed E-state index contributed by atoms with van der Waals surface area (Å²) in [5.74, 6) is -0.363. The van der Waals surface area contributed by atoms with Gasteiger partial charge in [-0.15, -0.1) is 0 Å². The van der Waals surface area contributed by atoms with Crippen molar-refractivity contribution < 1.29 is 9.72 Å². The number of hydrogen-bond acceptors (Lipinski definition) is 5. The fourth-order valence-electron chi connectivity index (χ4n) is 3.49. The molecule has 1 amide bonds. The third-order valence-electron chi connectivity index (χ3n) is 5.05. The first-order valence-electron chi connectivity index (χ1n) is 9.67. The Balaban J connectivity index is 1.45. The lowest BCUT2D eigenvalue weighted by molar-refractivity contribution is -0.384. The van der Waals surface area contributed by atoms with E-state index in [0.29, 0.717) is 16.4 Å². The van der Waals surface area contributed by atoms with E-state index in [9.17, 15) is 14.9 Å². The molecule has 1 saturated heterocycles. The molecule has 2 heterocycles. The van der Waals surface area contributed by atoms with Crippen molar-refractivity contribution in [3.63, 3.8) is 0 Å². The molecular weight excluding hydrogens is 406 g/mol. The zero-order chi connectivity index (χ0) is 21.1. The SMILES string of the molecule is O=C(Nc1ccc(N2CCCCC2)c(Cl)c1)c1ccn(-c2ccc([N+](=O)[O-])cc2)n1. The highest BCUT2D eigenvalue weighted by atomic mass is 35.5. The number of nitrogens with one attached hydrogen (secondary N) is 1. The van der Waals surface area contributed by atoms with Gasteiger partial charge in [-0.3, -0.25) is 14.9 Å². The second-order valence-corrected chi connectivity index (χ2v) is 7.49. The molecule has 2 aromatic carbocycles. The van der Waals surface area contributed by atoms with Crippen LogP contribution in [0.4, 0.5) is 17.1 Å². The summed E-state index contributed by atoms with van der Waals surface area (Å²) in [5, 5.41) is 18.4. The van der Waals surface area contributed by atoms with E-state index in [4.69, 9.17) is 11.6 Å². The highest BCUT2D eigenvalue weighted by molar-refractivity contribution is 6.33. The molecule has 0 unspecified atom stereocenters. The molecule has 0 aliphatic carbocycles. The second-order valence-electron chi connectivity index (χ2n) is 7.09. The van der Waals surface area contributed by atoms with Gasteiger partial charge >= 0.3 is 0 Å². The minimum atomic E-state index is -0.465. The number of amides is 1. The number of aromatic nitrogens is 2. The summed E-state index contributed by atoms with van der Waals surface area (Å²) >= 11 is 6.45. The number of nitro benzene ring substituents is 1. The van der Waals surface area contributed by atoms with Crippen LogP contribution in [0.2, 0.25) is 5.02 Å². The summed E-state index contributed by atoms with van der Waals surface area (Å²) in [7, 11) is 0. The van der Waals surface area contributed by atoms with E-state index in [2.05, 4.69) is 15.3 Å². The number of anilines is 2. The molecule has 0 spiro atoms. The van der Waals surface area contributed by atoms with Gasteiger partial charge in [-0.05, 0) is 55.7 Å². The maximum Gasteiger partial charge on any atom is 0.276 e. The van der Waals surface area contributed by atoms with Crippen LogP contribution in [0.15, 0.2) is 54.7 Å². The number of carbonyl (C=O) groups excluding carboxylic acids is 1. The van der Waals surface area contributed by atoms with Crippen molar-refractivity contribution in [2.45, 2.75) is 19.3 Å². The topological polar surface area (TPSA) is 93.3 Å². The molecule has 1 aromatic heterocycles. The highest BCUT2D eigenvalue weighted by Crippen LogP contribution is 2.31. The number of benzene rings is 2. The normalized spacial score (nSPS) is 13.8. The van der Waals surface area contributed by atoms with Gasteiger partial charge in [0.25, 0.3) is 11.6 Å². The van der Waals surface area contributed by atoms with Crippen molar-refractivity contribution in [3.8, 4) is 5.69 Å². The van der Waals surface area contributed by atoms with Crippen molar-refractivity contribution in [2.75, 3.05) is 23.3 Å². The Labute approximate surface area is 178 Å². The van der Waals surface area contributed by atoms with Crippen LogP contribution in [-0.4, -0.2) is 33.7 Å². The van der Waals surface area contributed by atoms with E-state index >= 15 is 0 Å². The van der Waals surface area contributed by atoms with Gasteiger partial charge in [-0.1, -0.05) is 11.6 Å². The van der Waals surface area contributed by atoms with Crippen molar-refractivity contribution in [1.82, 2.24) is 9.78 Å². The Morgan fingerprint density at radius 3 is 2.47 bits per heavy atom. The summed E-state index contributed by atoms with van der Waals surface area (Å²) in [5.41, 5.74) is 2.42. The van der Waals surface area contributed by atoms with Crippen molar-refractivity contribution in [3.05, 3.63) is 75.6 Å². The maximum atomic E-state index is 12.6. The Bertz CT molecular complexity index is 1070. The van der Waals surface area contributed by atoms with Gasteiger partial charge < -0.3 is 10.2 Å². The number of nitrogens with zero attached hydrogens (tertiary/aromatic N) is 4. The number of halogens is 1. The molecule has 1 fully saturated rings. The van der Waals surface area contributed by atoms with Crippen molar-refractivity contribution >= 4 is 34.6 Å². The van der Waals surface area contributed by atoms with Gasteiger partial charge in [0.2, 0.25) is 0 Å². The van der Waals surface area contributed by atoms with Crippen LogP contribution in [0.3, 0.4) is 0 Å². The molecule has 0 atom stereocenters. The molecule has 30 heavy (non-hydrogen) atoms. The predicted molar refractivity (Wildman–Crippen MR) is 116 cm³/mol. The molecule has 1 aliphatic rings. The molecule has 9 heteroatoms. The van der Waals surface area contributed by atoms with Crippen molar-refractivity contribution in [2.24, 2.45) is 0 Å². The van der Waals surface area contributed by atoms with Crippen LogP contribution in [0.1, 0.15) is 29.8 Å². The van der Waals surface area contributed by atoms with Crippen LogP contribution in [-0.2, 0) is 0 Å². The van der Waals surface area contributed by atoms with Crippen LogP contribution in [0.25, 0.3) is 5.69 Å². The first kappa shape index (κ1) is 19.9. The number of carbonyl (C=O) groups is 1. The lowest BCUT2D eigenvalue weighted by Gasteiger charge is -2.29. The number of rotatable bonds is 5. The van der Waals surface area contributed by atoms with Crippen LogP contribution in [0, 0.1) is 10.1 Å². The van der Waals surface area contributed by atoms with Gasteiger partial charge in [0.05, 0.1) is 21.3 Å². The number of hydrogen-bond donors (Lipinski definition) is 1. The fraction of sp³-hybridized carbons (Fsp3) is 0.238. The molecule has 0 bridgehead atoms. The zero-order valence-corrected chi connectivity index (χ0v) is 16.9. The Hall–Kier alpha value is -3.39. The minimum absolute atomic E-state index is 0.00579. The maximum absolute atomic E-state index is 12.6. The van der Waals surface area contributed by atoms with E-state index in [-0.39, 0.29) is 17.3 Å². The van der Waals surface area contributed by atoms with Crippen LogP contribution >= 0.6 is 11.6 Å². The van der Waals surface area contributed by atoms with Crippen molar-refractivity contribution in [1.29, 1.82) is 0 Å². The van der Waals surface area contributed by atoms with Crippen LogP contribution < -0.4 is 10.2 Å². The lowest BCUT2D eigenvalue weighted by atomic mass is 10.1. The predicted octanol–water partition coefficient (Wildman–Crippen LogP) is 4.68. The molecule has 154 valence electrons. The first-order valence-corrected chi connectivity index (χ1v) is 10.1. The average molecular weight is 426 g/mol. The van der Waals surface area contributed by atoms with Gasteiger partial charge in [0, 0.05) is 37.1 Å². The Kier molecular flexibility index (Phi) is 5.67.